The van der Waals surface area contributed by atoms with Gasteiger partial charge in [0, 0.05) is 0 Å². The summed E-state index contributed by atoms with van der Waals surface area (Å²) in [5, 5.41) is 2.69. The van der Waals surface area contributed by atoms with Gasteiger partial charge < -0.3 is 0 Å². The number of allylic oxidation sites excluding steroid dienone is 5. The molecule has 0 radical (unpaired) electrons. The van der Waals surface area contributed by atoms with Gasteiger partial charge in [-0.1, -0.05) is 12.1 Å². The molecule has 0 saturated carbocycles. The Hall–Kier alpha value is -0.487. The van der Waals surface area contributed by atoms with E-state index in [-0.39, 0.29) is 51.0 Å². The molecule has 104 valence electrons. The Kier molecular flexibility index (Phi) is 13.4. The number of hydrogen-bond acceptors (Lipinski definition) is 0. The molecule has 2 aromatic rings. The van der Waals surface area contributed by atoms with Crippen LogP contribution in [0.2, 0.25) is 0 Å². The second-order valence-corrected chi connectivity index (χ2v) is 3.94. The van der Waals surface area contributed by atoms with Gasteiger partial charge in [0.05, 0.1) is 0 Å². The molecular weight excluding hydrogens is 366 g/mol. The summed E-state index contributed by atoms with van der Waals surface area (Å²) in [6.45, 7) is 3.74. The van der Waals surface area contributed by atoms with Crippen molar-refractivity contribution in [2.45, 2.75) is 12.8 Å². The fourth-order valence-electron chi connectivity index (χ4n) is 1.89. The van der Waals surface area contributed by atoms with Crippen LogP contribution in [-0.2, 0) is 32.6 Å². The van der Waals surface area contributed by atoms with Gasteiger partial charge in [0.25, 0.3) is 0 Å². The molecule has 0 aliphatic heterocycles. The Morgan fingerprint density at radius 3 is 2.50 bits per heavy atom. The second kappa shape index (κ2) is 12.3. The Morgan fingerprint density at radius 1 is 1.20 bits per heavy atom. The Balaban J connectivity index is 0. The van der Waals surface area contributed by atoms with Crippen LogP contribution in [0.3, 0.4) is 0 Å². The first-order valence-corrected chi connectivity index (χ1v) is 5.88. The van der Waals surface area contributed by atoms with E-state index in [0.717, 1.165) is 12.8 Å². The summed E-state index contributed by atoms with van der Waals surface area (Å²) in [5.41, 5.74) is 1.38. The molecule has 0 atom stereocenters. The molecule has 0 N–H and O–H groups in total. The monoisotopic (exact) mass is 382 g/mol. The topological polar surface area (TPSA) is 0 Å². The largest absolute Gasteiger partial charge is 2.00 e. The Morgan fingerprint density at radius 2 is 1.95 bits per heavy atom. The Bertz CT molecular complexity index is 543. The van der Waals surface area contributed by atoms with Crippen molar-refractivity contribution in [1.82, 2.24) is 0 Å². The molecule has 20 heavy (non-hydrogen) atoms. The van der Waals surface area contributed by atoms with Gasteiger partial charge in [-0.2, -0.15) is 12.1 Å². The predicted octanol–water partition coefficient (Wildman–Crippen LogP) is 5.43. The van der Waals surface area contributed by atoms with Crippen LogP contribution in [0.1, 0.15) is 12.0 Å². The second-order valence-electron chi connectivity index (χ2n) is 3.94. The van der Waals surface area contributed by atoms with Gasteiger partial charge in [-0.15, -0.1) is 78.4 Å². The third-order valence-corrected chi connectivity index (χ3v) is 2.72. The molecule has 3 heteroatoms. The van der Waals surface area contributed by atoms with Crippen LogP contribution in [-0.4, -0.2) is 0 Å². The molecular formula is C17H18Cl2Zr. The van der Waals surface area contributed by atoms with Crippen LogP contribution in [0.15, 0.2) is 67.3 Å². The van der Waals surface area contributed by atoms with Gasteiger partial charge in [0.15, 0.2) is 0 Å². The van der Waals surface area contributed by atoms with Crippen molar-refractivity contribution in [2.75, 3.05) is 0 Å². The maximum atomic E-state index is 3.74. The first-order chi connectivity index (χ1) is 8.42. The van der Waals surface area contributed by atoms with Crippen molar-refractivity contribution in [3.05, 3.63) is 78.9 Å². The summed E-state index contributed by atoms with van der Waals surface area (Å²) in [7, 11) is 0. The number of rotatable bonds is 2. The van der Waals surface area contributed by atoms with E-state index in [0.29, 0.717) is 0 Å². The Labute approximate surface area is 153 Å². The minimum absolute atomic E-state index is 0. The fourth-order valence-corrected chi connectivity index (χ4v) is 1.89. The van der Waals surface area contributed by atoms with Crippen molar-refractivity contribution in [3.8, 4) is 0 Å². The third kappa shape index (κ3) is 6.31. The van der Waals surface area contributed by atoms with Gasteiger partial charge in [-0.05, 0) is 6.42 Å². The average molecular weight is 384 g/mol. The van der Waals surface area contributed by atoms with Crippen LogP contribution in [0.25, 0.3) is 10.8 Å². The van der Waals surface area contributed by atoms with E-state index in [2.05, 4.69) is 55.1 Å². The van der Waals surface area contributed by atoms with E-state index >= 15 is 0 Å². The zero-order valence-electron chi connectivity index (χ0n) is 11.2. The SMILES string of the molecule is C=CC[c-]1ccc2ccccc21.Cl.Cl.[C-]1=CC=CC1.[Zr+2]. The summed E-state index contributed by atoms with van der Waals surface area (Å²) in [6, 6.07) is 12.8. The molecule has 0 unspecified atom stereocenters. The number of halogens is 2. The van der Waals surface area contributed by atoms with Gasteiger partial charge in [0.2, 0.25) is 0 Å². The first kappa shape index (κ1) is 21.8. The van der Waals surface area contributed by atoms with Crippen LogP contribution >= 0.6 is 24.8 Å². The number of fused-ring (bicyclic) bond motifs is 1. The predicted molar refractivity (Wildman–Crippen MR) is 89.5 cm³/mol. The van der Waals surface area contributed by atoms with Crippen LogP contribution in [0.5, 0.6) is 0 Å². The summed E-state index contributed by atoms with van der Waals surface area (Å²) in [4.78, 5) is 0. The maximum Gasteiger partial charge on any atom is 2.00 e. The van der Waals surface area contributed by atoms with E-state index in [4.69, 9.17) is 0 Å². The molecule has 0 aromatic heterocycles. The van der Waals surface area contributed by atoms with E-state index in [1.54, 1.807) is 0 Å². The average Bonchev–Trinajstić information content (AvgIpc) is 3.02. The normalized spacial score (nSPS) is 10.6. The van der Waals surface area contributed by atoms with E-state index in [1.807, 2.05) is 18.2 Å². The van der Waals surface area contributed by atoms with Gasteiger partial charge in [-0.3, -0.25) is 6.08 Å². The summed E-state index contributed by atoms with van der Waals surface area (Å²) in [6.07, 6.45) is 12.9. The summed E-state index contributed by atoms with van der Waals surface area (Å²) < 4.78 is 0. The molecule has 0 spiro atoms. The molecule has 0 amide bonds. The quantitative estimate of drug-likeness (QED) is 0.478. The summed E-state index contributed by atoms with van der Waals surface area (Å²) in [5.74, 6) is 0. The molecule has 2 aromatic carbocycles. The minimum Gasteiger partial charge on any atom is -0.273 e. The van der Waals surface area contributed by atoms with Crippen LogP contribution in [0, 0.1) is 6.08 Å². The van der Waals surface area contributed by atoms with Crippen molar-refractivity contribution in [3.63, 3.8) is 0 Å². The van der Waals surface area contributed by atoms with E-state index in [1.165, 1.54) is 16.3 Å². The van der Waals surface area contributed by atoms with Crippen LogP contribution < -0.4 is 0 Å². The van der Waals surface area contributed by atoms with E-state index in [9.17, 15) is 0 Å². The third-order valence-electron chi connectivity index (χ3n) is 2.72. The standard InChI is InChI=1S/C12H11.C5H5.2ClH.Zr/c1-2-5-10-8-9-11-6-3-4-7-12(10)11;1-2-4-5-3-1;;;/h2-4,6-9H,1,5H2;1-3H,4H2;2*1H;/q2*-1;;;+2. The minimum atomic E-state index is 0. The smallest absolute Gasteiger partial charge is 0.273 e. The molecule has 0 heterocycles. The zero-order valence-corrected chi connectivity index (χ0v) is 15.3. The maximum absolute atomic E-state index is 3.74. The molecule has 0 bridgehead atoms. The van der Waals surface area contributed by atoms with Gasteiger partial charge in [0.1, 0.15) is 0 Å². The van der Waals surface area contributed by atoms with Crippen molar-refractivity contribution < 1.29 is 26.2 Å². The molecule has 3 rings (SSSR count). The molecule has 1 aliphatic rings. The van der Waals surface area contributed by atoms with E-state index < -0.39 is 0 Å². The molecule has 0 nitrogen and oxygen atoms in total. The van der Waals surface area contributed by atoms with Crippen LogP contribution in [0.4, 0.5) is 0 Å². The van der Waals surface area contributed by atoms with Crippen molar-refractivity contribution in [2.24, 2.45) is 0 Å². The molecule has 1 aliphatic carbocycles. The first-order valence-electron chi connectivity index (χ1n) is 5.88. The van der Waals surface area contributed by atoms with Gasteiger partial charge in [-0.25, -0.2) is 12.2 Å². The summed E-state index contributed by atoms with van der Waals surface area (Å²) >= 11 is 0. The molecule has 0 fully saturated rings. The number of hydrogen-bond donors (Lipinski definition) is 0. The molecule has 0 saturated heterocycles. The fraction of sp³-hybridized carbons (Fsp3) is 0.118. The van der Waals surface area contributed by atoms with Crippen molar-refractivity contribution in [1.29, 1.82) is 0 Å². The van der Waals surface area contributed by atoms with Crippen molar-refractivity contribution >= 4 is 35.6 Å². The van der Waals surface area contributed by atoms with Gasteiger partial charge >= 0.3 is 26.2 Å². The zero-order chi connectivity index (χ0) is 11.9. The number of benzene rings is 1.